The van der Waals surface area contributed by atoms with E-state index in [9.17, 15) is 13.2 Å². The lowest BCUT2D eigenvalue weighted by atomic mass is 10.4. The Morgan fingerprint density at radius 3 is 2.30 bits per heavy atom. The summed E-state index contributed by atoms with van der Waals surface area (Å²) in [6.07, 6.45) is 0.667. The van der Waals surface area contributed by atoms with Crippen molar-refractivity contribution in [2.24, 2.45) is 0 Å². The molecule has 0 fully saturated rings. The monoisotopic (exact) mass is 165 g/mol. The molecule has 0 saturated carbocycles. The number of nitrogens with one attached hydrogen (secondary N) is 1. The number of H-pyrrole nitrogens is 1. The smallest absolute Gasteiger partial charge is 0.198 e. The molecule has 1 heterocycles. The minimum Gasteiger partial charge on any atom is -0.348 e. The Labute approximate surface area is 59.5 Å². The Balaban J connectivity index is 3.49. The third kappa shape index (κ3) is 1.04. The first-order valence-electron chi connectivity index (χ1n) is 2.35. The van der Waals surface area contributed by atoms with Crippen LogP contribution < -0.4 is 0 Å². The molecule has 10 heavy (non-hydrogen) atoms. The maximum atomic E-state index is 12.2. The minimum atomic E-state index is -1.54. The molecule has 0 bridgehead atoms. The van der Waals surface area contributed by atoms with Crippen LogP contribution in [0.25, 0.3) is 0 Å². The molecule has 0 saturated heterocycles. The molecule has 0 aromatic carbocycles. The van der Waals surface area contributed by atoms with Crippen LogP contribution in [0.1, 0.15) is 0 Å². The molecular weight excluding hydrogens is 163 g/mol. The SMILES string of the molecule is Fc1c[nH]c(=S)c(F)c1F. The van der Waals surface area contributed by atoms with Crippen molar-refractivity contribution >= 4 is 12.2 Å². The summed E-state index contributed by atoms with van der Waals surface area (Å²) in [4.78, 5) is 2.03. The Morgan fingerprint density at radius 1 is 1.20 bits per heavy atom. The second-order valence-corrected chi connectivity index (χ2v) is 2.00. The molecule has 0 spiro atoms. The van der Waals surface area contributed by atoms with Crippen molar-refractivity contribution in [2.75, 3.05) is 0 Å². The van der Waals surface area contributed by atoms with Crippen molar-refractivity contribution < 1.29 is 13.2 Å². The topological polar surface area (TPSA) is 15.8 Å². The van der Waals surface area contributed by atoms with Crippen LogP contribution in [-0.2, 0) is 0 Å². The molecule has 0 atom stereocenters. The van der Waals surface area contributed by atoms with Crippen molar-refractivity contribution in [2.45, 2.75) is 0 Å². The summed E-state index contributed by atoms with van der Waals surface area (Å²) in [5, 5.41) is 0. The van der Waals surface area contributed by atoms with Crippen LogP contribution in [0.2, 0.25) is 0 Å². The maximum absolute atomic E-state index is 12.2. The summed E-state index contributed by atoms with van der Waals surface area (Å²) in [5.41, 5.74) is 0. The van der Waals surface area contributed by atoms with Crippen LogP contribution >= 0.6 is 12.2 Å². The van der Waals surface area contributed by atoms with Gasteiger partial charge in [-0.2, -0.15) is 0 Å². The highest BCUT2D eigenvalue weighted by Crippen LogP contribution is 2.08. The zero-order valence-corrected chi connectivity index (χ0v) is 5.44. The van der Waals surface area contributed by atoms with E-state index in [4.69, 9.17) is 0 Å². The van der Waals surface area contributed by atoms with Crippen molar-refractivity contribution in [3.05, 3.63) is 28.3 Å². The highest BCUT2D eigenvalue weighted by molar-refractivity contribution is 7.71. The molecule has 1 aromatic rings. The third-order valence-corrected chi connectivity index (χ3v) is 1.23. The predicted octanol–water partition coefficient (Wildman–Crippen LogP) is 2.16. The van der Waals surface area contributed by atoms with E-state index in [1.807, 2.05) is 4.98 Å². The first kappa shape index (κ1) is 7.27. The van der Waals surface area contributed by atoms with Crippen LogP contribution in [-0.4, -0.2) is 4.98 Å². The van der Waals surface area contributed by atoms with Crippen molar-refractivity contribution in [3.8, 4) is 0 Å². The first-order valence-corrected chi connectivity index (χ1v) is 2.76. The quantitative estimate of drug-likeness (QED) is 0.582. The molecular formula is C5H2F3NS. The largest absolute Gasteiger partial charge is 0.348 e. The Hall–Kier alpha value is -0.840. The minimum absolute atomic E-state index is 0.432. The molecule has 1 N–H and O–H groups in total. The van der Waals surface area contributed by atoms with Crippen LogP contribution in [0.15, 0.2) is 6.20 Å². The van der Waals surface area contributed by atoms with E-state index in [0.29, 0.717) is 6.20 Å². The van der Waals surface area contributed by atoms with Crippen LogP contribution in [0, 0.1) is 22.1 Å². The zero-order valence-electron chi connectivity index (χ0n) is 4.62. The molecule has 0 aliphatic heterocycles. The summed E-state index contributed by atoms with van der Waals surface area (Å²) in [6, 6.07) is 0. The van der Waals surface area contributed by atoms with E-state index in [2.05, 4.69) is 12.2 Å². The van der Waals surface area contributed by atoms with Gasteiger partial charge in [-0.05, 0) is 0 Å². The number of hydrogen-bond donors (Lipinski definition) is 1. The summed E-state index contributed by atoms with van der Waals surface area (Å²) in [6.45, 7) is 0. The molecule has 0 unspecified atom stereocenters. The lowest BCUT2D eigenvalue weighted by Crippen LogP contribution is -1.92. The molecule has 1 nitrogen and oxygen atoms in total. The fourth-order valence-electron chi connectivity index (χ4n) is 0.460. The van der Waals surface area contributed by atoms with Crippen LogP contribution in [0.5, 0.6) is 0 Å². The van der Waals surface area contributed by atoms with Gasteiger partial charge in [0.05, 0.1) is 0 Å². The van der Waals surface area contributed by atoms with Gasteiger partial charge in [0, 0.05) is 6.20 Å². The predicted molar refractivity (Wildman–Crippen MR) is 31.5 cm³/mol. The Morgan fingerprint density at radius 2 is 1.80 bits per heavy atom. The number of halogens is 3. The van der Waals surface area contributed by atoms with E-state index >= 15 is 0 Å². The highest BCUT2D eigenvalue weighted by atomic mass is 32.1. The summed E-state index contributed by atoms with van der Waals surface area (Å²) in [7, 11) is 0. The van der Waals surface area contributed by atoms with Gasteiger partial charge in [-0.1, -0.05) is 12.2 Å². The van der Waals surface area contributed by atoms with E-state index in [-0.39, 0.29) is 0 Å². The highest BCUT2D eigenvalue weighted by Gasteiger charge is 2.08. The summed E-state index contributed by atoms with van der Waals surface area (Å²) >= 11 is 4.26. The second kappa shape index (κ2) is 2.42. The van der Waals surface area contributed by atoms with Crippen molar-refractivity contribution in [1.82, 2.24) is 4.98 Å². The number of aromatic amines is 1. The number of aromatic nitrogens is 1. The van der Waals surface area contributed by atoms with Gasteiger partial charge in [-0.25, -0.2) is 13.2 Å². The first-order chi connectivity index (χ1) is 4.63. The number of rotatable bonds is 0. The van der Waals surface area contributed by atoms with Crippen molar-refractivity contribution in [3.63, 3.8) is 0 Å². The van der Waals surface area contributed by atoms with Crippen molar-refractivity contribution in [1.29, 1.82) is 0 Å². The van der Waals surface area contributed by atoms with Gasteiger partial charge in [0.25, 0.3) is 0 Å². The molecule has 0 amide bonds. The standard InChI is InChI=1S/C5H2F3NS/c6-2-1-9-5(10)4(8)3(2)7/h1H,(H,9,10). The zero-order chi connectivity index (χ0) is 7.72. The maximum Gasteiger partial charge on any atom is 0.198 e. The molecule has 0 radical (unpaired) electrons. The van der Waals surface area contributed by atoms with E-state index in [1.54, 1.807) is 0 Å². The van der Waals surface area contributed by atoms with Gasteiger partial charge in [0.2, 0.25) is 0 Å². The average Bonchev–Trinajstić information content (AvgIpc) is 1.93. The Bertz CT molecular complexity index is 306. The van der Waals surface area contributed by atoms with Gasteiger partial charge in [-0.15, -0.1) is 0 Å². The van der Waals surface area contributed by atoms with Gasteiger partial charge < -0.3 is 4.98 Å². The van der Waals surface area contributed by atoms with E-state index in [1.165, 1.54) is 0 Å². The second-order valence-electron chi connectivity index (χ2n) is 1.59. The molecule has 1 aromatic heterocycles. The van der Waals surface area contributed by atoms with E-state index < -0.39 is 22.1 Å². The van der Waals surface area contributed by atoms with Gasteiger partial charge in [0.1, 0.15) is 4.64 Å². The lowest BCUT2D eigenvalue weighted by Gasteiger charge is -1.92. The third-order valence-electron chi connectivity index (χ3n) is 0.932. The molecule has 54 valence electrons. The van der Waals surface area contributed by atoms with Gasteiger partial charge >= 0.3 is 0 Å². The Kier molecular flexibility index (Phi) is 1.76. The van der Waals surface area contributed by atoms with Gasteiger partial charge in [0.15, 0.2) is 17.5 Å². The average molecular weight is 165 g/mol. The lowest BCUT2D eigenvalue weighted by molar-refractivity contribution is 0.438. The number of pyridine rings is 1. The molecule has 5 heteroatoms. The number of hydrogen-bond acceptors (Lipinski definition) is 1. The van der Waals surface area contributed by atoms with E-state index in [0.717, 1.165) is 0 Å². The fraction of sp³-hybridized carbons (Fsp3) is 0. The van der Waals surface area contributed by atoms with Gasteiger partial charge in [-0.3, -0.25) is 0 Å². The molecule has 0 aliphatic rings. The molecule has 1 rings (SSSR count). The summed E-state index contributed by atoms with van der Waals surface area (Å²) in [5.74, 6) is -4.16. The van der Waals surface area contributed by atoms with Crippen LogP contribution in [0.4, 0.5) is 13.2 Å². The fourth-order valence-corrected chi connectivity index (χ4v) is 0.609. The normalized spacial score (nSPS) is 9.90. The molecule has 0 aliphatic carbocycles. The summed E-state index contributed by atoms with van der Waals surface area (Å²) < 4.78 is 36.0. The van der Waals surface area contributed by atoms with Crippen LogP contribution in [0.3, 0.4) is 0 Å².